The first-order valence-corrected chi connectivity index (χ1v) is 10.6. The van der Waals surface area contributed by atoms with E-state index in [4.69, 9.17) is 4.42 Å². The largest absolute Gasteiger partial charge is 0.423 e. The summed E-state index contributed by atoms with van der Waals surface area (Å²) in [5.41, 5.74) is 4.61. The molecule has 0 aliphatic rings. The molecule has 7 heteroatoms. The van der Waals surface area contributed by atoms with Gasteiger partial charge in [0.2, 0.25) is 5.91 Å². The van der Waals surface area contributed by atoms with E-state index in [1.54, 1.807) is 23.0 Å². The van der Waals surface area contributed by atoms with Gasteiger partial charge in [0.1, 0.15) is 18.2 Å². The van der Waals surface area contributed by atoms with Crippen molar-refractivity contribution in [2.24, 2.45) is 0 Å². The monoisotopic (exact) mass is 430 g/mol. The lowest BCUT2D eigenvalue weighted by atomic mass is 10.0. The number of carbonyl (C=O) groups excluding carboxylic acids is 1. The molecular weight excluding hydrogens is 404 g/mol. The summed E-state index contributed by atoms with van der Waals surface area (Å²) in [6.45, 7) is 5.86. The highest BCUT2D eigenvalue weighted by molar-refractivity contribution is 5.82. The number of hydrogen-bond donors (Lipinski definition) is 0. The number of carbonyl (C=O) groups is 1. The lowest BCUT2D eigenvalue weighted by Crippen LogP contribution is -2.30. The average molecular weight is 431 g/mol. The van der Waals surface area contributed by atoms with E-state index in [-0.39, 0.29) is 24.0 Å². The molecule has 0 N–H and O–H groups in total. The van der Waals surface area contributed by atoms with Crippen LogP contribution in [0.15, 0.2) is 64.3 Å². The molecular formula is C25H26N4O3. The number of nitrogens with zero attached hydrogens (tertiary/aromatic N) is 4. The Morgan fingerprint density at radius 1 is 1.16 bits per heavy atom. The first kappa shape index (κ1) is 21.5. The summed E-state index contributed by atoms with van der Waals surface area (Å²) in [4.78, 5) is 31.1. The normalized spacial score (nSPS) is 12.1. The topological polar surface area (TPSA) is 81.2 Å². The maximum absolute atomic E-state index is 12.9. The standard InChI is InChI=1S/C25H26N4O3/c1-16-5-10-21-17(2)22(25(31)32-23(21)13-16)11-12-24(30)28(4)18(3)19-6-8-20(9-7-19)29-15-26-14-27-29/h5-10,13-15,18H,11-12H2,1-4H3/t18-/m1/s1. The predicted octanol–water partition coefficient (Wildman–Crippen LogP) is 4.14. The molecule has 0 radical (unpaired) electrons. The molecule has 0 fully saturated rings. The zero-order valence-corrected chi connectivity index (χ0v) is 18.7. The second-order valence-electron chi connectivity index (χ2n) is 8.10. The first-order chi connectivity index (χ1) is 15.3. The van der Waals surface area contributed by atoms with Crippen molar-refractivity contribution in [3.8, 4) is 5.69 Å². The van der Waals surface area contributed by atoms with Crippen LogP contribution >= 0.6 is 0 Å². The Bertz CT molecular complexity index is 1310. The second-order valence-corrected chi connectivity index (χ2v) is 8.10. The highest BCUT2D eigenvalue weighted by atomic mass is 16.4. The number of aryl methyl sites for hydroxylation is 2. The van der Waals surface area contributed by atoms with Gasteiger partial charge in [-0.2, -0.15) is 5.10 Å². The fourth-order valence-corrected chi connectivity index (χ4v) is 3.89. The van der Waals surface area contributed by atoms with Gasteiger partial charge in [0.25, 0.3) is 0 Å². The maximum atomic E-state index is 12.9. The van der Waals surface area contributed by atoms with Gasteiger partial charge in [-0.3, -0.25) is 4.79 Å². The summed E-state index contributed by atoms with van der Waals surface area (Å²) >= 11 is 0. The van der Waals surface area contributed by atoms with E-state index >= 15 is 0 Å². The van der Waals surface area contributed by atoms with Crippen LogP contribution in [0.4, 0.5) is 0 Å². The fourth-order valence-electron chi connectivity index (χ4n) is 3.89. The summed E-state index contributed by atoms with van der Waals surface area (Å²) < 4.78 is 7.20. The molecule has 0 aliphatic heterocycles. The molecule has 2 heterocycles. The summed E-state index contributed by atoms with van der Waals surface area (Å²) in [6, 6.07) is 13.6. The third kappa shape index (κ3) is 4.19. The Hall–Kier alpha value is -3.74. The molecule has 1 atom stereocenters. The van der Waals surface area contributed by atoms with Gasteiger partial charge >= 0.3 is 5.63 Å². The number of rotatable bonds is 6. The van der Waals surface area contributed by atoms with Gasteiger partial charge in [-0.05, 0) is 62.1 Å². The molecule has 2 aromatic carbocycles. The maximum Gasteiger partial charge on any atom is 0.339 e. The Morgan fingerprint density at radius 3 is 2.59 bits per heavy atom. The van der Waals surface area contributed by atoms with Crippen molar-refractivity contribution in [1.82, 2.24) is 19.7 Å². The van der Waals surface area contributed by atoms with Crippen molar-refractivity contribution in [2.45, 2.75) is 39.7 Å². The van der Waals surface area contributed by atoms with Crippen LogP contribution < -0.4 is 5.63 Å². The van der Waals surface area contributed by atoms with Gasteiger partial charge in [-0.1, -0.05) is 24.3 Å². The second kappa shape index (κ2) is 8.78. The number of hydrogen-bond acceptors (Lipinski definition) is 5. The molecule has 0 unspecified atom stereocenters. The summed E-state index contributed by atoms with van der Waals surface area (Å²) in [7, 11) is 1.79. The number of fused-ring (bicyclic) bond motifs is 1. The van der Waals surface area contributed by atoms with Gasteiger partial charge in [0.05, 0.1) is 11.7 Å². The van der Waals surface area contributed by atoms with Crippen molar-refractivity contribution >= 4 is 16.9 Å². The molecule has 0 saturated heterocycles. The van der Waals surface area contributed by atoms with E-state index < -0.39 is 0 Å². The molecule has 2 aromatic heterocycles. The minimum Gasteiger partial charge on any atom is -0.423 e. The Morgan fingerprint density at radius 2 is 1.91 bits per heavy atom. The minimum atomic E-state index is -0.368. The van der Waals surface area contributed by atoms with E-state index in [1.807, 2.05) is 63.2 Å². The van der Waals surface area contributed by atoms with Crippen LogP contribution in [0.2, 0.25) is 0 Å². The molecule has 1 amide bonds. The molecule has 0 spiro atoms. The lowest BCUT2D eigenvalue weighted by molar-refractivity contribution is -0.131. The quantitative estimate of drug-likeness (QED) is 0.430. The van der Waals surface area contributed by atoms with Gasteiger partial charge in [0, 0.05) is 24.4 Å². The number of aromatic nitrogens is 3. The molecule has 164 valence electrons. The van der Waals surface area contributed by atoms with E-state index in [1.165, 1.54) is 6.33 Å². The smallest absolute Gasteiger partial charge is 0.339 e. The van der Waals surface area contributed by atoms with Crippen molar-refractivity contribution in [3.63, 3.8) is 0 Å². The van der Waals surface area contributed by atoms with Crippen LogP contribution in [0.5, 0.6) is 0 Å². The number of benzene rings is 2. The van der Waals surface area contributed by atoms with E-state index in [0.717, 1.165) is 27.8 Å². The molecule has 32 heavy (non-hydrogen) atoms. The van der Waals surface area contributed by atoms with Crippen LogP contribution in [0.1, 0.15) is 41.6 Å². The minimum absolute atomic E-state index is 0.0272. The Labute approximate surface area is 186 Å². The predicted molar refractivity (Wildman–Crippen MR) is 123 cm³/mol. The molecule has 0 saturated carbocycles. The SMILES string of the molecule is Cc1ccc2c(C)c(CCC(=O)N(C)[C@H](C)c3ccc(-n4cncn4)cc3)c(=O)oc2c1. The van der Waals surface area contributed by atoms with E-state index in [9.17, 15) is 9.59 Å². The molecule has 4 rings (SSSR count). The van der Waals surface area contributed by atoms with Crippen molar-refractivity contribution in [3.05, 3.63) is 87.8 Å². The highest BCUT2D eigenvalue weighted by Gasteiger charge is 2.19. The van der Waals surface area contributed by atoms with Crippen LogP contribution in [-0.4, -0.2) is 32.6 Å². The third-order valence-corrected chi connectivity index (χ3v) is 6.06. The Kier molecular flexibility index (Phi) is 5.90. The molecule has 4 aromatic rings. The van der Waals surface area contributed by atoms with Gasteiger partial charge in [-0.15, -0.1) is 0 Å². The fraction of sp³-hybridized carbons (Fsp3) is 0.280. The average Bonchev–Trinajstić information content (AvgIpc) is 3.32. The third-order valence-electron chi connectivity index (χ3n) is 6.06. The Balaban J connectivity index is 1.46. The van der Waals surface area contributed by atoms with Gasteiger partial charge in [-0.25, -0.2) is 14.5 Å². The molecule has 0 bridgehead atoms. The summed E-state index contributed by atoms with van der Waals surface area (Å²) in [5.74, 6) is -0.0272. The van der Waals surface area contributed by atoms with Crippen LogP contribution in [0.25, 0.3) is 16.7 Å². The van der Waals surface area contributed by atoms with E-state index in [0.29, 0.717) is 17.6 Å². The van der Waals surface area contributed by atoms with Crippen LogP contribution in [-0.2, 0) is 11.2 Å². The van der Waals surface area contributed by atoms with Gasteiger partial charge in [0.15, 0.2) is 0 Å². The zero-order valence-electron chi connectivity index (χ0n) is 18.7. The van der Waals surface area contributed by atoms with Crippen molar-refractivity contribution < 1.29 is 9.21 Å². The molecule has 7 nitrogen and oxygen atoms in total. The highest BCUT2D eigenvalue weighted by Crippen LogP contribution is 2.23. The lowest BCUT2D eigenvalue weighted by Gasteiger charge is -2.25. The van der Waals surface area contributed by atoms with Gasteiger partial charge < -0.3 is 9.32 Å². The first-order valence-electron chi connectivity index (χ1n) is 10.6. The van der Waals surface area contributed by atoms with Crippen LogP contribution in [0, 0.1) is 13.8 Å². The summed E-state index contributed by atoms with van der Waals surface area (Å²) in [6.07, 6.45) is 3.71. The molecule has 0 aliphatic carbocycles. The summed E-state index contributed by atoms with van der Waals surface area (Å²) in [5, 5.41) is 5.03. The number of amides is 1. The van der Waals surface area contributed by atoms with Crippen molar-refractivity contribution in [1.29, 1.82) is 0 Å². The van der Waals surface area contributed by atoms with E-state index in [2.05, 4.69) is 10.1 Å². The zero-order chi connectivity index (χ0) is 22.8. The van der Waals surface area contributed by atoms with Crippen LogP contribution in [0.3, 0.4) is 0 Å². The van der Waals surface area contributed by atoms with Crippen molar-refractivity contribution in [2.75, 3.05) is 7.05 Å².